The Morgan fingerprint density at radius 2 is 2.20 bits per heavy atom. The summed E-state index contributed by atoms with van der Waals surface area (Å²) in [5, 5.41) is 17.5. The molecular formula is C21H24FN7O. The minimum Gasteiger partial charge on any atom is -0.365 e. The molecule has 0 aliphatic heterocycles. The molecule has 1 aliphatic rings. The molecule has 4 N–H and O–H groups in total. The van der Waals surface area contributed by atoms with E-state index in [9.17, 15) is 9.50 Å². The third-order valence-electron chi connectivity index (χ3n) is 5.90. The lowest BCUT2D eigenvalue weighted by molar-refractivity contribution is 0.0838. The van der Waals surface area contributed by atoms with Gasteiger partial charge in [0.25, 0.3) is 0 Å². The van der Waals surface area contributed by atoms with Crippen LogP contribution >= 0.6 is 0 Å². The smallest absolute Gasteiger partial charge is 0.163 e. The van der Waals surface area contributed by atoms with Gasteiger partial charge < -0.3 is 14.7 Å². The molecular weight excluding hydrogens is 385 g/mol. The lowest BCUT2D eigenvalue weighted by atomic mass is 9.91. The van der Waals surface area contributed by atoms with Gasteiger partial charge >= 0.3 is 0 Å². The zero-order valence-corrected chi connectivity index (χ0v) is 16.6. The van der Waals surface area contributed by atoms with Crippen molar-refractivity contribution in [3.8, 4) is 11.4 Å². The number of pyridine rings is 1. The summed E-state index contributed by atoms with van der Waals surface area (Å²) in [4.78, 5) is 16.5. The van der Waals surface area contributed by atoms with Gasteiger partial charge in [0.05, 0.1) is 6.20 Å². The number of hydrogen-bond donors (Lipinski definition) is 4. The molecule has 4 heterocycles. The number of halogens is 1. The topological polar surface area (TPSA) is 104 Å². The molecule has 0 spiro atoms. The fraction of sp³-hybridized carbons (Fsp3) is 0.381. The van der Waals surface area contributed by atoms with E-state index in [2.05, 4.69) is 36.3 Å². The highest BCUT2D eigenvalue weighted by Gasteiger charge is 2.25. The number of nitrogens with one attached hydrogen (secondary N) is 3. The molecule has 8 nitrogen and oxygen atoms in total. The maximum absolute atomic E-state index is 13.7. The zero-order valence-electron chi connectivity index (χ0n) is 16.6. The molecule has 1 aliphatic carbocycles. The molecule has 1 fully saturated rings. The maximum Gasteiger partial charge on any atom is 0.163 e. The number of aromatic amines is 1. The summed E-state index contributed by atoms with van der Waals surface area (Å²) in [6, 6.07) is 3.98. The van der Waals surface area contributed by atoms with E-state index in [4.69, 9.17) is 4.98 Å². The Labute approximate surface area is 172 Å². The summed E-state index contributed by atoms with van der Waals surface area (Å²) in [5.41, 5.74) is 2.19. The fourth-order valence-corrected chi connectivity index (χ4v) is 4.40. The van der Waals surface area contributed by atoms with Crippen molar-refractivity contribution < 1.29 is 9.50 Å². The van der Waals surface area contributed by atoms with Crippen molar-refractivity contribution >= 4 is 22.1 Å². The summed E-state index contributed by atoms with van der Waals surface area (Å²) < 4.78 is 15.9. The first-order valence-electron chi connectivity index (χ1n) is 10.2. The van der Waals surface area contributed by atoms with Gasteiger partial charge in [0.15, 0.2) is 12.2 Å². The summed E-state index contributed by atoms with van der Waals surface area (Å²) in [6.07, 6.45) is 10.2. The van der Waals surface area contributed by atoms with Crippen molar-refractivity contribution in [3.63, 3.8) is 0 Å². The van der Waals surface area contributed by atoms with Crippen LogP contribution in [-0.4, -0.2) is 49.1 Å². The molecule has 30 heavy (non-hydrogen) atoms. The number of H-pyrrole nitrogens is 1. The number of hydrogen-bond acceptors (Lipinski definition) is 6. The minimum atomic E-state index is -0.708. The number of aliphatic hydroxyl groups excluding tert-OH is 1. The van der Waals surface area contributed by atoms with Crippen LogP contribution in [0.2, 0.25) is 0 Å². The summed E-state index contributed by atoms with van der Waals surface area (Å²) in [5.74, 6) is 0.148. The number of aliphatic hydroxyl groups is 1. The van der Waals surface area contributed by atoms with Crippen LogP contribution in [0.4, 0.5) is 4.39 Å². The van der Waals surface area contributed by atoms with Crippen molar-refractivity contribution in [2.75, 3.05) is 7.05 Å². The highest BCUT2D eigenvalue weighted by molar-refractivity contribution is 5.92. The van der Waals surface area contributed by atoms with E-state index < -0.39 is 12.2 Å². The van der Waals surface area contributed by atoms with E-state index in [0.717, 1.165) is 42.3 Å². The van der Waals surface area contributed by atoms with Crippen LogP contribution in [0.15, 0.2) is 36.9 Å². The molecule has 1 saturated carbocycles. The predicted molar refractivity (Wildman–Crippen MR) is 112 cm³/mol. The van der Waals surface area contributed by atoms with Crippen LogP contribution in [0.3, 0.4) is 0 Å². The number of fused-ring (bicyclic) bond motifs is 2. The zero-order chi connectivity index (χ0) is 20.7. The first-order valence-corrected chi connectivity index (χ1v) is 10.2. The predicted octanol–water partition coefficient (Wildman–Crippen LogP) is 2.68. The fourth-order valence-electron chi connectivity index (χ4n) is 4.40. The van der Waals surface area contributed by atoms with Crippen molar-refractivity contribution in [3.05, 3.63) is 42.7 Å². The van der Waals surface area contributed by atoms with E-state index in [1.165, 1.54) is 12.3 Å². The van der Waals surface area contributed by atoms with Gasteiger partial charge in [-0.25, -0.2) is 19.3 Å². The lowest BCUT2D eigenvalue weighted by Crippen LogP contribution is -2.47. The molecule has 3 unspecified atom stereocenters. The molecule has 156 valence electrons. The van der Waals surface area contributed by atoms with Crippen molar-refractivity contribution in [2.45, 2.75) is 44.1 Å². The molecule has 5 rings (SSSR count). The molecule has 0 radical (unpaired) electrons. The molecule has 3 atom stereocenters. The highest BCUT2D eigenvalue weighted by atomic mass is 19.1. The van der Waals surface area contributed by atoms with Crippen LogP contribution < -0.4 is 10.6 Å². The summed E-state index contributed by atoms with van der Waals surface area (Å²) in [6.45, 7) is 0. The number of nitrogens with zero attached hydrogens (tertiary/aromatic N) is 4. The van der Waals surface area contributed by atoms with Crippen LogP contribution in [0.25, 0.3) is 33.5 Å². The van der Waals surface area contributed by atoms with Gasteiger partial charge in [-0.2, -0.15) is 0 Å². The van der Waals surface area contributed by atoms with E-state index in [1.54, 1.807) is 13.2 Å². The molecule has 0 bridgehead atoms. The SMILES string of the molecule is CNC(O)NC1CCCC(n2ccc3cnc(-c4c[nH]c5ncc(F)cc45)nc32)C1. The normalized spacial score (nSPS) is 20.8. The van der Waals surface area contributed by atoms with Gasteiger partial charge in [0.1, 0.15) is 17.1 Å². The van der Waals surface area contributed by atoms with Crippen LogP contribution in [0, 0.1) is 5.82 Å². The Hall–Kier alpha value is -2.88. The Balaban J connectivity index is 1.49. The molecule has 0 amide bonds. The Bertz CT molecular complexity index is 1190. The largest absolute Gasteiger partial charge is 0.365 e. The van der Waals surface area contributed by atoms with Crippen molar-refractivity contribution in [1.82, 2.24) is 35.1 Å². The van der Waals surface area contributed by atoms with E-state index in [0.29, 0.717) is 16.9 Å². The second-order valence-electron chi connectivity index (χ2n) is 7.82. The van der Waals surface area contributed by atoms with Crippen LogP contribution in [0.1, 0.15) is 31.7 Å². The van der Waals surface area contributed by atoms with Gasteiger partial charge in [-0.1, -0.05) is 0 Å². The summed E-state index contributed by atoms with van der Waals surface area (Å²) >= 11 is 0. The average Bonchev–Trinajstić information content (AvgIpc) is 3.37. The van der Waals surface area contributed by atoms with Crippen molar-refractivity contribution in [1.29, 1.82) is 0 Å². The third-order valence-corrected chi connectivity index (χ3v) is 5.90. The van der Waals surface area contributed by atoms with Gasteiger partial charge in [-0.05, 0) is 44.9 Å². The monoisotopic (exact) mass is 409 g/mol. The van der Waals surface area contributed by atoms with E-state index >= 15 is 0 Å². The van der Waals surface area contributed by atoms with Crippen LogP contribution in [-0.2, 0) is 0 Å². The summed E-state index contributed by atoms with van der Waals surface area (Å²) in [7, 11) is 1.72. The quantitative estimate of drug-likeness (QED) is 0.378. The van der Waals surface area contributed by atoms with E-state index in [1.807, 2.05) is 12.3 Å². The standard InChI is InChI=1S/C21H24FN7O/c1-23-21(30)27-14-3-2-4-15(8-14)29-6-5-12-9-24-19(28-20(12)29)17-11-26-18-16(17)7-13(22)10-25-18/h5-7,9-11,14-15,21,23,27,30H,2-4,8H2,1H3,(H,25,26). The first kappa shape index (κ1) is 19.1. The number of aromatic nitrogens is 5. The Morgan fingerprint density at radius 1 is 1.30 bits per heavy atom. The first-order chi connectivity index (χ1) is 14.6. The Morgan fingerprint density at radius 3 is 3.07 bits per heavy atom. The minimum absolute atomic E-state index is 0.229. The van der Waals surface area contributed by atoms with Crippen LogP contribution in [0.5, 0.6) is 0 Å². The van der Waals surface area contributed by atoms with E-state index in [-0.39, 0.29) is 12.1 Å². The maximum atomic E-state index is 13.7. The number of rotatable bonds is 5. The molecule has 4 aromatic rings. The van der Waals surface area contributed by atoms with Crippen molar-refractivity contribution in [2.24, 2.45) is 0 Å². The highest BCUT2D eigenvalue weighted by Crippen LogP contribution is 2.33. The second kappa shape index (κ2) is 7.75. The van der Waals surface area contributed by atoms with Gasteiger partial charge in [0.2, 0.25) is 0 Å². The van der Waals surface area contributed by atoms with Gasteiger partial charge in [0, 0.05) is 47.0 Å². The lowest BCUT2D eigenvalue weighted by Gasteiger charge is -2.32. The third kappa shape index (κ3) is 3.45. The average molecular weight is 409 g/mol. The second-order valence-corrected chi connectivity index (χ2v) is 7.82. The molecule has 4 aromatic heterocycles. The molecule has 9 heteroatoms. The Kier molecular flexibility index (Phi) is 4.93. The molecule has 0 aromatic carbocycles. The van der Waals surface area contributed by atoms with Gasteiger partial charge in [-0.15, -0.1) is 0 Å². The molecule has 0 saturated heterocycles. The van der Waals surface area contributed by atoms with Gasteiger partial charge in [-0.3, -0.25) is 10.6 Å².